The van der Waals surface area contributed by atoms with Gasteiger partial charge in [-0.3, -0.25) is 9.69 Å². The van der Waals surface area contributed by atoms with E-state index < -0.39 is 0 Å². The van der Waals surface area contributed by atoms with Crippen LogP contribution in [0.15, 0.2) is 51.8 Å². The van der Waals surface area contributed by atoms with Gasteiger partial charge in [0, 0.05) is 29.8 Å². The third-order valence-corrected chi connectivity index (χ3v) is 5.69. The monoisotopic (exact) mass is 448 g/mol. The van der Waals surface area contributed by atoms with E-state index in [4.69, 9.17) is 17.0 Å². The van der Waals surface area contributed by atoms with Gasteiger partial charge in [-0.05, 0) is 48.5 Å². The van der Waals surface area contributed by atoms with Crippen molar-refractivity contribution in [3.8, 4) is 5.75 Å². The molecule has 0 N–H and O–H groups in total. The highest BCUT2D eigenvalue weighted by Gasteiger charge is 2.33. The average molecular weight is 449 g/mol. The number of nitrogens with zero attached hydrogens (tertiary/aromatic N) is 2. The first-order chi connectivity index (χ1) is 12.4. The van der Waals surface area contributed by atoms with Gasteiger partial charge in [-0.1, -0.05) is 39.9 Å². The number of benzene rings is 2. The number of carbonyl (C=O) groups is 1. The summed E-state index contributed by atoms with van der Waals surface area (Å²) >= 11 is 10.2. The molecule has 3 rings (SSSR count). The van der Waals surface area contributed by atoms with Crippen LogP contribution in [0.2, 0.25) is 0 Å². The number of carbonyl (C=O) groups excluding carboxylic acids is 1. The molecule has 0 aromatic heterocycles. The van der Waals surface area contributed by atoms with Crippen LogP contribution in [-0.4, -0.2) is 31.4 Å². The Hall–Kier alpha value is -1.83. The summed E-state index contributed by atoms with van der Waals surface area (Å²) in [7, 11) is 5.56. The van der Waals surface area contributed by atoms with Crippen molar-refractivity contribution in [3.05, 3.63) is 57.4 Å². The van der Waals surface area contributed by atoms with Crippen molar-refractivity contribution in [2.45, 2.75) is 0 Å². The maximum atomic E-state index is 12.9. The van der Waals surface area contributed by atoms with Crippen LogP contribution in [0.25, 0.3) is 6.08 Å². The first kappa shape index (κ1) is 18.9. The standard InChI is InChI=1S/C19H17BrN2O2S2/c1-21(2)14-5-7-15(8-6-14)22-18(23)17(26-19(22)25)11-12-10-13(20)4-9-16(12)24-3/h4-11H,1-3H3/b17-11+. The van der Waals surface area contributed by atoms with Crippen LogP contribution in [-0.2, 0) is 4.79 Å². The lowest BCUT2D eigenvalue weighted by molar-refractivity contribution is -0.113. The highest BCUT2D eigenvalue weighted by atomic mass is 79.9. The maximum absolute atomic E-state index is 12.9. The zero-order valence-corrected chi connectivity index (χ0v) is 17.7. The van der Waals surface area contributed by atoms with Gasteiger partial charge in [0.05, 0.1) is 17.7 Å². The van der Waals surface area contributed by atoms with E-state index in [1.807, 2.05) is 67.5 Å². The number of halogens is 1. The smallest absolute Gasteiger partial charge is 0.270 e. The predicted molar refractivity (Wildman–Crippen MR) is 117 cm³/mol. The number of anilines is 2. The van der Waals surface area contributed by atoms with Crippen molar-refractivity contribution >= 4 is 67.6 Å². The molecule has 0 unspecified atom stereocenters. The van der Waals surface area contributed by atoms with Gasteiger partial charge in [-0.25, -0.2) is 0 Å². The highest BCUT2D eigenvalue weighted by molar-refractivity contribution is 9.10. The van der Waals surface area contributed by atoms with Gasteiger partial charge in [0.25, 0.3) is 5.91 Å². The summed E-state index contributed by atoms with van der Waals surface area (Å²) < 4.78 is 6.82. The summed E-state index contributed by atoms with van der Waals surface area (Å²) in [6.07, 6.45) is 1.82. The van der Waals surface area contributed by atoms with E-state index in [1.54, 1.807) is 12.0 Å². The van der Waals surface area contributed by atoms with E-state index in [2.05, 4.69) is 15.9 Å². The maximum Gasteiger partial charge on any atom is 0.270 e. The Kier molecular flexibility index (Phi) is 5.70. The summed E-state index contributed by atoms with van der Waals surface area (Å²) in [6, 6.07) is 13.4. The first-order valence-electron chi connectivity index (χ1n) is 7.79. The van der Waals surface area contributed by atoms with Crippen molar-refractivity contribution in [2.24, 2.45) is 0 Å². The Morgan fingerprint density at radius 3 is 2.50 bits per heavy atom. The van der Waals surface area contributed by atoms with Gasteiger partial charge in [0.2, 0.25) is 0 Å². The highest BCUT2D eigenvalue weighted by Crippen LogP contribution is 2.38. The summed E-state index contributed by atoms with van der Waals surface area (Å²) in [5.41, 5.74) is 2.65. The fourth-order valence-electron chi connectivity index (χ4n) is 2.55. The van der Waals surface area contributed by atoms with E-state index in [0.29, 0.717) is 15.0 Å². The number of ether oxygens (including phenoxy) is 1. The molecule has 2 aromatic carbocycles. The molecule has 1 saturated heterocycles. The van der Waals surface area contributed by atoms with Crippen molar-refractivity contribution < 1.29 is 9.53 Å². The molecule has 0 bridgehead atoms. The molecule has 4 nitrogen and oxygen atoms in total. The fourth-order valence-corrected chi connectivity index (χ4v) is 4.22. The quantitative estimate of drug-likeness (QED) is 0.488. The van der Waals surface area contributed by atoms with Crippen LogP contribution in [0.1, 0.15) is 5.56 Å². The van der Waals surface area contributed by atoms with Gasteiger partial charge in [0.15, 0.2) is 4.32 Å². The minimum atomic E-state index is -0.125. The van der Waals surface area contributed by atoms with Gasteiger partial charge < -0.3 is 9.64 Å². The van der Waals surface area contributed by atoms with Gasteiger partial charge in [-0.2, -0.15) is 0 Å². The van der Waals surface area contributed by atoms with Crippen molar-refractivity contribution in [2.75, 3.05) is 31.0 Å². The molecule has 26 heavy (non-hydrogen) atoms. The van der Waals surface area contributed by atoms with Crippen LogP contribution in [0, 0.1) is 0 Å². The molecule has 0 atom stereocenters. The van der Waals surface area contributed by atoms with Crippen LogP contribution in [0.3, 0.4) is 0 Å². The first-order valence-corrected chi connectivity index (χ1v) is 9.81. The number of hydrogen-bond acceptors (Lipinski definition) is 5. The number of rotatable bonds is 4. The normalized spacial score (nSPS) is 15.7. The molecule has 0 aliphatic carbocycles. The van der Waals surface area contributed by atoms with Crippen molar-refractivity contribution in [1.82, 2.24) is 0 Å². The molecule has 1 aliphatic heterocycles. The number of methoxy groups -OCH3 is 1. The molecule has 0 spiro atoms. The third kappa shape index (κ3) is 3.79. The zero-order valence-electron chi connectivity index (χ0n) is 14.5. The molecule has 0 radical (unpaired) electrons. The molecular formula is C19H17BrN2O2S2. The molecule has 7 heteroatoms. The van der Waals surface area contributed by atoms with Crippen LogP contribution >= 0.6 is 39.9 Å². The lowest BCUT2D eigenvalue weighted by atomic mass is 10.2. The lowest BCUT2D eigenvalue weighted by Gasteiger charge is -2.17. The summed E-state index contributed by atoms with van der Waals surface area (Å²) in [5.74, 6) is 0.577. The molecular weight excluding hydrogens is 432 g/mol. The summed E-state index contributed by atoms with van der Waals surface area (Å²) in [5, 5.41) is 0. The summed E-state index contributed by atoms with van der Waals surface area (Å²) in [4.78, 5) is 17.1. The van der Waals surface area contributed by atoms with Crippen LogP contribution in [0.5, 0.6) is 5.75 Å². The zero-order chi connectivity index (χ0) is 18.8. The molecule has 1 heterocycles. The molecule has 134 valence electrons. The Morgan fingerprint density at radius 1 is 1.19 bits per heavy atom. The van der Waals surface area contributed by atoms with Gasteiger partial charge in [-0.15, -0.1) is 0 Å². The Balaban J connectivity index is 1.93. The van der Waals surface area contributed by atoms with E-state index >= 15 is 0 Å². The topological polar surface area (TPSA) is 32.8 Å². The molecule has 1 amide bonds. The van der Waals surface area contributed by atoms with E-state index in [0.717, 1.165) is 21.4 Å². The molecule has 1 fully saturated rings. The minimum Gasteiger partial charge on any atom is -0.496 e. The number of thiocarbonyl (C=S) groups is 1. The molecule has 0 saturated carbocycles. The van der Waals surface area contributed by atoms with Gasteiger partial charge in [0.1, 0.15) is 5.75 Å². The molecule has 1 aliphatic rings. The largest absolute Gasteiger partial charge is 0.496 e. The summed E-state index contributed by atoms with van der Waals surface area (Å²) in [6.45, 7) is 0. The average Bonchev–Trinajstić information content (AvgIpc) is 2.89. The second kappa shape index (κ2) is 7.82. The lowest BCUT2D eigenvalue weighted by Crippen LogP contribution is -2.27. The SMILES string of the molecule is COc1ccc(Br)cc1/C=C1/SC(=S)N(c2ccc(N(C)C)cc2)C1=O. The fraction of sp³-hybridized carbons (Fsp3) is 0.158. The second-order valence-corrected chi connectivity index (χ2v) is 8.41. The predicted octanol–water partition coefficient (Wildman–Crippen LogP) is 4.93. The number of hydrogen-bond donors (Lipinski definition) is 0. The Morgan fingerprint density at radius 2 is 1.88 bits per heavy atom. The van der Waals surface area contributed by atoms with Crippen molar-refractivity contribution in [3.63, 3.8) is 0 Å². The van der Waals surface area contributed by atoms with E-state index in [-0.39, 0.29) is 5.91 Å². The Labute approximate surface area is 170 Å². The van der Waals surface area contributed by atoms with E-state index in [1.165, 1.54) is 11.8 Å². The number of amides is 1. The van der Waals surface area contributed by atoms with Crippen LogP contribution in [0.4, 0.5) is 11.4 Å². The van der Waals surface area contributed by atoms with Gasteiger partial charge >= 0.3 is 0 Å². The second-order valence-electron chi connectivity index (χ2n) is 5.81. The Bertz CT molecular complexity index is 895. The number of thioether (sulfide) groups is 1. The third-order valence-electron chi connectivity index (χ3n) is 3.90. The minimum absolute atomic E-state index is 0.125. The van der Waals surface area contributed by atoms with Crippen LogP contribution < -0.4 is 14.5 Å². The van der Waals surface area contributed by atoms with E-state index in [9.17, 15) is 4.79 Å². The van der Waals surface area contributed by atoms with Crippen molar-refractivity contribution in [1.29, 1.82) is 0 Å². The molecule has 2 aromatic rings.